The lowest BCUT2D eigenvalue weighted by Crippen LogP contribution is -2.20. The second kappa shape index (κ2) is 4.46. The highest BCUT2D eigenvalue weighted by molar-refractivity contribution is 5.32. The molecule has 1 aromatic rings. The first-order chi connectivity index (χ1) is 7.55. The third-order valence-electron chi connectivity index (χ3n) is 3.02. The average molecular weight is 219 g/mol. The Morgan fingerprint density at radius 2 is 2.12 bits per heavy atom. The van der Waals surface area contributed by atoms with Crippen LogP contribution in [0.5, 0.6) is 5.75 Å². The third-order valence-corrected chi connectivity index (χ3v) is 3.02. The standard InChI is InChI=1S/C14H21NO/c1-14(2,3)11-5-4-6-12(9-11)16-13-7-8-15-10-13/h4-6,9,13,15H,7-8,10H2,1-3H3. The molecule has 1 fully saturated rings. The Morgan fingerprint density at radius 1 is 1.31 bits per heavy atom. The number of hydrogen-bond acceptors (Lipinski definition) is 2. The fourth-order valence-corrected chi connectivity index (χ4v) is 1.96. The van der Waals surface area contributed by atoms with E-state index in [1.807, 2.05) is 6.07 Å². The number of benzene rings is 1. The smallest absolute Gasteiger partial charge is 0.120 e. The van der Waals surface area contributed by atoms with Crippen LogP contribution in [0.25, 0.3) is 0 Å². The van der Waals surface area contributed by atoms with Gasteiger partial charge in [-0.15, -0.1) is 0 Å². The summed E-state index contributed by atoms with van der Waals surface area (Å²) in [7, 11) is 0. The van der Waals surface area contributed by atoms with E-state index >= 15 is 0 Å². The van der Waals surface area contributed by atoms with Gasteiger partial charge in [-0.3, -0.25) is 0 Å². The molecule has 0 aromatic heterocycles. The summed E-state index contributed by atoms with van der Waals surface area (Å²) in [5.41, 5.74) is 1.52. The molecule has 1 aliphatic rings. The van der Waals surface area contributed by atoms with E-state index in [2.05, 4.69) is 44.3 Å². The zero-order chi connectivity index (χ0) is 11.6. The van der Waals surface area contributed by atoms with Gasteiger partial charge in [0.2, 0.25) is 0 Å². The fraction of sp³-hybridized carbons (Fsp3) is 0.571. The van der Waals surface area contributed by atoms with Crippen molar-refractivity contribution in [2.45, 2.75) is 38.7 Å². The van der Waals surface area contributed by atoms with Gasteiger partial charge in [0.05, 0.1) is 0 Å². The van der Waals surface area contributed by atoms with Crippen molar-refractivity contribution in [1.29, 1.82) is 0 Å². The molecule has 1 saturated heterocycles. The van der Waals surface area contributed by atoms with Gasteiger partial charge in [0.15, 0.2) is 0 Å². The Kier molecular flexibility index (Phi) is 3.20. The number of hydrogen-bond donors (Lipinski definition) is 1. The highest BCUT2D eigenvalue weighted by Crippen LogP contribution is 2.26. The Morgan fingerprint density at radius 3 is 2.75 bits per heavy atom. The van der Waals surface area contributed by atoms with Crippen LogP contribution in [0.4, 0.5) is 0 Å². The van der Waals surface area contributed by atoms with Crippen molar-refractivity contribution in [3.05, 3.63) is 29.8 Å². The summed E-state index contributed by atoms with van der Waals surface area (Å²) in [5.74, 6) is 1.00. The van der Waals surface area contributed by atoms with Crippen LogP contribution >= 0.6 is 0 Å². The van der Waals surface area contributed by atoms with E-state index in [-0.39, 0.29) is 5.41 Å². The lowest BCUT2D eigenvalue weighted by molar-refractivity contribution is 0.222. The van der Waals surface area contributed by atoms with Gasteiger partial charge in [0.25, 0.3) is 0 Å². The van der Waals surface area contributed by atoms with Gasteiger partial charge in [-0.05, 0) is 36.1 Å². The second-order valence-corrected chi connectivity index (χ2v) is 5.51. The van der Waals surface area contributed by atoms with Crippen molar-refractivity contribution >= 4 is 0 Å². The summed E-state index contributed by atoms with van der Waals surface area (Å²) >= 11 is 0. The lowest BCUT2D eigenvalue weighted by Gasteiger charge is -2.20. The highest BCUT2D eigenvalue weighted by Gasteiger charge is 2.18. The molecule has 0 aliphatic carbocycles. The molecule has 0 amide bonds. The molecule has 0 saturated carbocycles. The first-order valence-electron chi connectivity index (χ1n) is 6.03. The van der Waals surface area contributed by atoms with Gasteiger partial charge in [-0.1, -0.05) is 32.9 Å². The van der Waals surface area contributed by atoms with E-state index in [0.717, 1.165) is 25.3 Å². The summed E-state index contributed by atoms with van der Waals surface area (Å²) in [6.07, 6.45) is 1.45. The normalized spacial score (nSPS) is 21.1. The molecule has 2 nitrogen and oxygen atoms in total. The summed E-state index contributed by atoms with van der Waals surface area (Å²) in [4.78, 5) is 0. The van der Waals surface area contributed by atoms with E-state index in [1.54, 1.807) is 0 Å². The van der Waals surface area contributed by atoms with Crippen LogP contribution in [0.15, 0.2) is 24.3 Å². The molecule has 1 atom stereocenters. The Bertz CT molecular complexity index is 348. The molecule has 0 spiro atoms. The quantitative estimate of drug-likeness (QED) is 0.825. The largest absolute Gasteiger partial charge is 0.489 e. The maximum absolute atomic E-state index is 5.95. The molecule has 0 bridgehead atoms. The Hall–Kier alpha value is -1.02. The van der Waals surface area contributed by atoms with Crippen LogP contribution in [-0.2, 0) is 5.41 Å². The van der Waals surface area contributed by atoms with Crippen molar-refractivity contribution in [3.8, 4) is 5.75 Å². The molecule has 2 rings (SSSR count). The molecular weight excluding hydrogens is 198 g/mol. The maximum Gasteiger partial charge on any atom is 0.120 e. The number of rotatable bonds is 2. The van der Waals surface area contributed by atoms with Crippen LogP contribution in [0.2, 0.25) is 0 Å². The first-order valence-corrected chi connectivity index (χ1v) is 6.03. The molecule has 1 N–H and O–H groups in total. The van der Waals surface area contributed by atoms with Crippen LogP contribution in [0, 0.1) is 0 Å². The highest BCUT2D eigenvalue weighted by atomic mass is 16.5. The van der Waals surface area contributed by atoms with Gasteiger partial charge in [-0.2, -0.15) is 0 Å². The molecule has 1 unspecified atom stereocenters. The van der Waals surface area contributed by atoms with Crippen LogP contribution < -0.4 is 10.1 Å². The summed E-state index contributed by atoms with van der Waals surface area (Å²) < 4.78 is 5.95. The minimum atomic E-state index is 0.188. The van der Waals surface area contributed by atoms with Crippen LogP contribution in [-0.4, -0.2) is 19.2 Å². The van der Waals surface area contributed by atoms with Crippen molar-refractivity contribution in [1.82, 2.24) is 5.32 Å². The second-order valence-electron chi connectivity index (χ2n) is 5.51. The van der Waals surface area contributed by atoms with Gasteiger partial charge < -0.3 is 10.1 Å². The van der Waals surface area contributed by atoms with E-state index < -0.39 is 0 Å². The minimum absolute atomic E-state index is 0.188. The molecule has 1 heterocycles. The minimum Gasteiger partial charge on any atom is -0.489 e. The topological polar surface area (TPSA) is 21.3 Å². The monoisotopic (exact) mass is 219 g/mol. The summed E-state index contributed by atoms with van der Waals surface area (Å²) in [6.45, 7) is 8.72. The fourth-order valence-electron chi connectivity index (χ4n) is 1.96. The van der Waals surface area contributed by atoms with Crippen molar-refractivity contribution in [2.24, 2.45) is 0 Å². The van der Waals surface area contributed by atoms with Crippen molar-refractivity contribution < 1.29 is 4.74 Å². The first kappa shape index (κ1) is 11.5. The molecule has 0 radical (unpaired) electrons. The third kappa shape index (κ3) is 2.76. The molecular formula is C14H21NO. The SMILES string of the molecule is CC(C)(C)c1cccc(OC2CCNC2)c1. The van der Waals surface area contributed by atoms with Gasteiger partial charge >= 0.3 is 0 Å². The number of nitrogens with one attached hydrogen (secondary N) is 1. The molecule has 88 valence electrons. The predicted molar refractivity (Wildman–Crippen MR) is 67.0 cm³/mol. The average Bonchev–Trinajstić information content (AvgIpc) is 2.70. The van der Waals surface area contributed by atoms with Gasteiger partial charge in [0.1, 0.15) is 11.9 Å². The van der Waals surface area contributed by atoms with E-state index in [1.165, 1.54) is 5.56 Å². The van der Waals surface area contributed by atoms with E-state index in [0.29, 0.717) is 6.10 Å². The van der Waals surface area contributed by atoms with Crippen molar-refractivity contribution in [3.63, 3.8) is 0 Å². The van der Waals surface area contributed by atoms with Crippen LogP contribution in [0.1, 0.15) is 32.8 Å². The van der Waals surface area contributed by atoms with E-state index in [9.17, 15) is 0 Å². The summed E-state index contributed by atoms with van der Waals surface area (Å²) in [5, 5.41) is 3.31. The van der Waals surface area contributed by atoms with Crippen LogP contribution in [0.3, 0.4) is 0 Å². The van der Waals surface area contributed by atoms with Gasteiger partial charge in [-0.25, -0.2) is 0 Å². The molecule has 16 heavy (non-hydrogen) atoms. The number of ether oxygens (including phenoxy) is 1. The van der Waals surface area contributed by atoms with Gasteiger partial charge in [0, 0.05) is 6.54 Å². The van der Waals surface area contributed by atoms with E-state index in [4.69, 9.17) is 4.74 Å². The maximum atomic E-state index is 5.95. The Labute approximate surface area is 98.0 Å². The lowest BCUT2D eigenvalue weighted by atomic mass is 9.87. The predicted octanol–water partition coefficient (Wildman–Crippen LogP) is 2.72. The summed E-state index contributed by atoms with van der Waals surface area (Å²) in [6, 6.07) is 8.46. The zero-order valence-electron chi connectivity index (χ0n) is 10.4. The molecule has 1 aromatic carbocycles. The zero-order valence-corrected chi connectivity index (χ0v) is 10.4. The molecule has 2 heteroatoms. The molecule has 1 aliphatic heterocycles. The van der Waals surface area contributed by atoms with Crippen molar-refractivity contribution in [2.75, 3.05) is 13.1 Å². The Balaban J connectivity index is 2.09.